The van der Waals surface area contributed by atoms with Crippen LogP contribution in [0.2, 0.25) is 0 Å². The van der Waals surface area contributed by atoms with E-state index in [9.17, 15) is 21.6 Å². The fourth-order valence-electron chi connectivity index (χ4n) is 2.45. The lowest BCUT2D eigenvalue weighted by Crippen LogP contribution is -2.40. The molecule has 1 aromatic carbocycles. The topological polar surface area (TPSA) is 72.2 Å². The second-order valence-corrected chi connectivity index (χ2v) is 6.53. The van der Waals surface area contributed by atoms with Crippen molar-refractivity contribution in [3.8, 4) is 0 Å². The first kappa shape index (κ1) is 15.3. The van der Waals surface area contributed by atoms with E-state index in [1.165, 1.54) is 0 Å². The number of halogens is 3. The van der Waals surface area contributed by atoms with E-state index >= 15 is 0 Å². The van der Waals surface area contributed by atoms with Gasteiger partial charge in [-0.3, -0.25) is 0 Å². The summed E-state index contributed by atoms with van der Waals surface area (Å²) in [5.41, 5.74) is 5.54. The van der Waals surface area contributed by atoms with Gasteiger partial charge >= 0.3 is 0 Å². The molecule has 1 aliphatic rings. The van der Waals surface area contributed by atoms with E-state index in [2.05, 4.69) is 4.72 Å². The molecule has 0 spiro atoms. The number of sulfonamides is 1. The van der Waals surface area contributed by atoms with E-state index in [0.717, 1.165) is 12.8 Å². The second kappa shape index (κ2) is 5.71. The molecule has 0 heterocycles. The second-order valence-electron chi connectivity index (χ2n) is 4.85. The van der Waals surface area contributed by atoms with E-state index < -0.39 is 38.4 Å². The van der Waals surface area contributed by atoms with Gasteiger partial charge in [-0.25, -0.2) is 26.3 Å². The lowest BCUT2D eigenvalue weighted by molar-refractivity contribution is 0.448. The molecule has 1 fully saturated rings. The molecule has 112 valence electrons. The van der Waals surface area contributed by atoms with Crippen LogP contribution in [0.5, 0.6) is 0 Å². The zero-order valence-electron chi connectivity index (χ0n) is 10.6. The molecule has 3 N–H and O–H groups in total. The molecule has 0 amide bonds. The summed E-state index contributed by atoms with van der Waals surface area (Å²) < 4.78 is 65.9. The quantitative estimate of drug-likeness (QED) is 0.828. The predicted molar refractivity (Wildman–Crippen MR) is 66.8 cm³/mol. The van der Waals surface area contributed by atoms with Gasteiger partial charge in [0.15, 0.2) is 11.6 Å². The van der Waals surface area contributed by atoms with Crippen molar-refractivity contribution < 1.29 is 21.6 Å². The highest BCUT2D eigenvalue weighted by Gasteiger charge is 2.32. The van der Waals surface area contributed by atoms with Crippen LogP contribution < -0.4 is 10.5 Å². The summed E-state index contributed by atoms with van der Waals surface area (Å²) >= 11 is 0. The molecule has 1 saturated carbocycles. The highest BCUT2D eigenvalue weighted by atomic mass is 32.2. The van der Waals surface area contributed by atoms with Gasteiger partial charge < -0.3 is 5.73 Å². The van der Waals surface area contributed by atoms with Crippen LogP contribution >= 0.6 is 0 Å². The average Bonchev–Trinajstić information content (AvgIpc) is 2.80. The number of benzene rings is 1. The highest BCUT2D eigenvalue weighted by molar-refractivity contribution is 7.89. The number of hydrogen-bond acceptors (Lipinski definition) is 3. The molecule has 0 saturated heterocycles. The molecule has 0 bridgehead atoms. The molecule has 0 aromatic heterocycles. The van der Waals surface area contributed by atoms with Crippen molar-refractivity contribution in [2.45, 2.75) is 30.2 Å². The van der Waals surface area contributed by atoms with E-state index in [1.807, 2.05) is 0 Å². The van der Waals surface area contributed by atoms with Gasteiger partial charge in [0.25, 0.3) is 0 Å². The zero-order chi connectivity index (χ0) is 14.9. The fraction of sp³-hybridized carbons (Fsp3) is 0.500. The molecule has 1 aromatic rings. The summed E-state index contributed by atoms with van der Waals surface area (Å²) in [6, 6.07) is 0.163. The normalized spacial score (nSPS) is 23.2. The van der Waals surface area contributed by atoms with Gasteiger partial charge in [0.1, 0.15) is 10.7 Å². The van der Waals surface area contributed by atoms with Gasteiger partial charge in [0.2, 0.25) is 10.0 Å². The molecular weight excluding hydrogens is 293 g/mol. The Bertz CT molecular complexity index is 607. The Morgan fingerprint density at radius 2 is 1.80 bits per heavy atom. The summed E-state index contributed by atoms with van der Waals surface area (Å²) in [5, 5.41) is 0. The van der Waals surface area contributed by atoms with E-state index in [0.29, 0.717) is 19.0 Å². The van der Waals surface area contributed by atoms with Crippen LogP contribution in [0.3, 0.4) is 0 Å². The van der Waals surface area contributed by atoms with Crippen LogP contribution in [0.25, 0.3) is 0 Å². The Hall–Kier alpha value is -1.12. The first-order valence-corrected chi connectivity index (χ1v) is 7.70. The first-order valence-electron chi connectivity index (χ1n) is 6.22. The van der Waals surface area contributed by atoms with Crippen molar-refractivity contribution in [3.63, 3.8) is 0 Å². The monoisotopic (exact) mass is 308 g/mol. The van der Waals surface area contributed by atoms with Crippen molar-refractivity contribution >= 4 is 10.0 Å². The van der Waals surface area contributed by atoms with Crippen molar-refractivity contribution in [1.82, 2.24) is 4.72 Å². The number of nitrogens with two attached hydrogens (primary N) is 1. The van der Waals surface area contributed by atoms with Gasteiger partial charge in [-0.1, -0.05) is 6.42 Å². The molecule has 0 aliphatic heterocycles. The van der Waals surface area contributed by atoms with Gasteiger partial charge in [0.05, 0.1) is 0 Å². The Balaban J connectivity index is 2.29. The minimum atomic E-state index is -4.24. The van der Waals surface area contributed by atoms with Crippen LogP contribution in [0, 0.1) is 23.4 Å². The summed E-state index contributed by atoms with van der Waals surface area (Å²) in [6.07, 6.45) is 2.19. The standard InChI is InChI=1S/C12H15F3N2O2S/c13-8-4-10(15)12(5-9(8)14)20(18,19)17-11-3-1-2-7(11)6-16/h4-5,7,11,17H,1-3,6,16H2/t7-,11+/m1/s1. The first-order chi connectivity index (χ1) is 9.35. The lowest BCUT2D eigenvalue weighted by Gasteiger charge is -2.19. The third-order valence-electron chi connectivity index (χ3n) is 3.53. The zero-order valence-corrected chi connectivity index (χ0v) is 11.4. The minimum Gasteiger partial charge on any atom is -0.330 e. The Morgan fingerprint density at radius 3 is 2.45 bits per heavy atom. The maximum Gasteiger partial charge on any atom is 0.243 e. The molecule has 2 rings (SSSR count). The van der Waals surface area contributed by atoms with Crippen LogP contribution in [0.1, 0.15) is 19.3 Å². The van der Waals surface area contributed by atoms with Crippen molar-refractivity contribution in [2.24, 2.45) is 11.7 Å². The van der Waals surface area contributed by atoms with Crippen molar-refractivity contribution in [2.75, 3.05) is 6.54 Å². The maximum absolute atomic E-state index is 13.5. The molecule has 4 nitrogen and oxygen atoms in total. The average molecular weight is 308 g/mol. The summed E-state index contributed by atoms with van der Waals surface area (Å²) in [6.45, 7) is 0.313. The lowest BCUT2D eigenvalue weighted by atomic mass is 10.1. The Labute approximate surface area is 115 Å². The number of hydrogen-bond donors (Lipinski definition) is 2. The van der Waals surface area contributed by atoms with Crippen LogP contribution in [0.4, 0.5) is 13.2 Å². The summed E-state index contributed by atoms with van der Waals surface area (Å²) in [5.74, 6) is -4.19. The Kier molecular flexibility index (Phi) is 4.36. The number of nitrogens with one attached hydrogen (secondary N) is 1. The van der Waals surface area contributed by atoms with Crippen LogP contribution in [-0.4, -0.2) is 21.0 Å². The summed E-state index contributed by atoms with van der Waals surface area (Å²) in [7, 11) is -4.24. The Morgan fingerprint density at radius 1 is 1.15 bits per heavy atom. The van der Waals surface area contributed by atoms with Gasteiger partial charge in [-0.15, -0.1) is 0 Å². The molecule has 2 atom stereocenters. The smallest absolute Gasteiger partial charge is 0.243 e. The minimum absolute atomic E-state index is 0.0295. The van der Waals surface area contributed by atoms with Gasteiger partial charge in [-0.05, 0) is 31.4 Å². The van der Waals surface area contributed by atoms with Crippen molar-refractivity contribution in [1.29, 1.82) is 0 Å². The van der Waals surface area contributed by atoms with Gasteiger partial charge in [0, 0.05) is 12.1 Å². The third kappa shape index (κ3) is 2.97. The van der Waals surface area contributed by atoms with Crippen LogP contribution in [0.15, 0.2) is 17.0 Å². The predicted octanol–water partition coefficient (Wildman–Crippen LogP) is 1.51. The van der Waals surface area contributed by atoms with Crippen molar-refractivity contribution in [3.05, 3.63) is 29.6 Å². The van der Waals surface area contributed by atoms with E-state index in [1.54, 1.807) is 0 Å². The molecule has 20 heavy (non-hydrogen) atoms. The molecule has 0 unspecified atom stereocenters. The molecular formula is C12H15F3N2O2S. The van der Waals surface area contributed by atoms with Crippen LogP contribution in [-0.2, 0) is 10.0 Å². The molecule has 0 radical (unpaired) electrons. The maximum atomic E-state index is 13.5. The largest absolute Gasteiger partial charge is 0.330 e. The van der Waals surface area contributed by atoms with E-state index in [-0.39, 0.29) is 12.0 Å². The van der Waals surface area contributed by atoms with Gasteiger partial charge in [-0.2, -0.15) is 0 Å². The third-order valence-corrected chi connectivity index (χ3v) is 5.04. The van der Waals surface area contributed by atoms with E-state index in [4.69, 9.17) is 5.73 Å². The number of rotatable bonds is 4. The molecule has 8 heteroatoms. The fourth-order valence-corrected chi connectivity index (χ4v) is 3.86. The molecule has 1 aliphatic carbocycles. The highest BCUT2D eigenvalue weighted by Crippen LogP contribution is 2.27. The summed E-state index contributed by atoms with van der Waals surface area (Å²) in [4.78, 5) is -0.890. The SMILES string of the molecule is NC[C@H]1CCC[C@@H]1NS(=O)(=O)c1cc(F)c(F)cc1F.